The molecule has 1 unspecified atom stereocenters. The molecular weight excluding hydrogens is 316 g/mol. The predicted octanol–water partition coefficient (Wildman–Crippen LogP) is -0.958. The molecule has 3 N–H and O–H groups in total. The number of hydrogen-bond acceptors (Lipinski definition) is 7. The molecule has 2 rings (SSSR count). The summed E-state index contributed by atoms with van der Waals surface area (Å²) in [5, 5.41) is 8.72. The molecule has 1 aromatic carbocycles. The van der Waals surface area contributed by atoms with Gasteiger partial charge in [-0.15, -0.1) is 0 Å². The van der Waals surface area contributed by atoms with E-state index in [1.165, 1.54) is 25.1 Å². The second-order valence-corrected chi connectivity index (χ2v) is 5.40. The SMILES string of the molecule is CC(N)(O[SH](=O)=O)c1ccc2c(c1)C(=O)N(CC(=O)O)C2=O. The monoisotopic (exact) mass is 328 g/mol. The summed E-state index contributed by atoms with van der Waals surface area (Å²) in [6.07, 6.45) is 0. The fourth-order valence-electron chi connectivity index (χ4n) is 2.09. The number of aliphatic carboxylic acids is 1. The molecule has 10 heteroatoms. The summed E-state index contributed by atoms with van der Waals surface area (Å²) < 4.78 is 25.9. The van der Waals surface area contributed by atoms with Crippen molar-refractivity contribution in [1.29, 1.82) is 0 Å². The number of hydrogen-bond donors (Lipinski definition) is 3. The molecule has 0 aliphatic carbocycles. The summed E-state index contributed by atoms with van der Waals surface area (Å²) in [7, 11) is -3.22. The van der Waals surface area contributed by atoms with Gasteiger partial charge in [-0.05, 0) is 19.1 Å². The summed E-state index contributed by atoms with van der Waals surface area (Å²) in [5.74, 6) is -2.85. The molecule has 118 valence electrons. The Bertz CT molecular complexity index is 746. The number of nitrogens with two attached hydrogens (primary N) is 1. The van der Waals surface area contributed by atoms with E-state index in [0.717, 1.165) is 0 Å². The van der Waals surface area contributed by atoms with Crippen molar-refractivity contribution < 1.29 is 32.1 Å². The Balaban J connectivity index is 2.43. The number of thiol groups is 1. The molecule has 9 nitrogen and oxygen atoms in total. The second-order valence-electron chi connectivity index (χ2n) is 4.77. The first-order valence-corrected chi connectivity index (χ1v) is 7.08. The first-order valence-electron chi connectivity index (χ1n) is 5.98. The number of carboxylic acids is 1. The maximum absolute atomic E-state index is 12.1. The Morgan fingerprint density at radius 3 is 2.45 bits per heavy atom. The Morgan fingerprint density at radius 2 is 1.91 bits per heavy atom. The predicted molar refractivity (Wildman–Crippen MR) is 72.4 cm³/mol. The van der Waals surface area contributed by atoms with Crippen molar-refractivity contribution in [3.63, 3.8) is 0 Å². The standard InChI is InChI=1S/C12H12N2O7S/c1-12(13,21-22(19)20)6-2-3-7-8(4-6)11(18)14(10(7)17)5-9(15)16/h2-4,22H,5,13H2,1H3,(H,15,16). The van der Waals surface area contributed by atoms with Gasteiger partial charge < -0.3 is 5.11 Å². The lowest BCUT2D eigenvalue weighted by atomic mass is 10.00. The van der Waals surface area contributed by atoms with E-state index in [2.05, 4.69) is 4.18 Å². The normalized spacial score (nSPS) is 16.8. The van der Waals surface area contributed by atoms with E-state index < -0.39 is 41.0 Å². The van der Waals surface area contributed by atoms with Gasteiger partial charge in [0.05, 0.1) is 11.1 Å². The Kier molecular flexibility index (Phi) is 4.00. The lowest BCUT2D eigenvalue weighted by Crippen LogP contribution is -2.36. The third-order valence-corrected chi connectivity index (χ3v) is 3.63. The van der Waals surface area contributed by atoms with Gasteiger partial charge in [0.2, 0.25) is 0 Å². The molecule has 1 heterocycles. The average Bonchev–Trinajstić information content (AvgIpc) is 2.62. The molecule has 1 aliphatic heterocycles. The first-order chi connectivity index (χ1) is 10.1. The van der Waals surface area contributed by atoms with Crippen molar-refractivity contribution >= 4 is 28.8 Å². The third kappa shape index (κ3) is 2.84. The number of benzene rings is 1. The van der Waals surface area contributed by atoms with Gasteiger partial charge in [-0.1, -0.05) is 6.07 Å². The third-order valence-electron chi connectivity index (χ3n) is 3.10. The highest BCUT2D eigenvalue weighted by Gasteiger charge is 2.38. The van der Waals surface area contributed by atoms with Crippen LogP contribution in [0.15, 0.2) is 18.2 Å². The van der Waals surface area contributed by atoms with Crippen LogP contribution in [0, 0.1) is 0 Å². The highest BCUT2D eigenvalue weighted by atomic mass is 32.2. The number of nitrogens with zero attached hydrogens (tertiary/aromatic N) is 1. The van der Waals surface area contributed by atoms with E-state index >= 15 is 0 Å². The minimum absolute atomic E-state index is 0.0253. The fourth-order valence-corrected chi connectivity index (χ4v) is 2.50. The van der Waals surface area contributed by atoms with E-state index in [9.17, 15) is 22.8 Å². The number of fused-ring (bicyclic) bond motifs is 1. The number of imide groups is 1. The van der Waals surface area contributed by atoms with Crippen LogP contribution in [0.25, 0.3) is 0 Å². The van der Waals surface area contributed by atoms with Crippen LogP contribution in [0.4, 0.5) is 0 Å². The summed E-state index contributed by atoms with van der Waals surface area (Å²) in [4.78, 5) is 35.3. The summed E-state index contributed by atoms with van der Waals surface area (Å²) in [6.45, 7) is 0.515. The summed E-state index contributed by atoms with van der Waals surface area (Å²) in [6, 6.07) is 3.84. The maximum atomic E-state index is 12.1. The molecule has 0 saturated carbocycles. The number of carboxylic acid groups (broad SMARTS) is 1. The average molecular weight is 328 g/mol. The zero-order valence-electron chi connectivity index (χ0n) is 11.3. The van der Waals surface area contributed by atoms with Crippen LogP contribution >= 0.6 is 0 Å². The van der Waals surface area contributed by atoms with Crippen molar-refractivity contribution in [3.8, 4) is 0 Å². The van der Waals surface area contributed by atoms with Crippen LogP contribution in [-0.4, -0.2) is 42.8 Å². The van der Waals surface area contributed by atoms with Gasteiger partial charge in [-0.2, -0.15) is 0 Å². The van der Waals surface area contributed by atoms with Crippen molar-refractivity contribution in [2.24, 2.45) is 5.73 Å². The zero-order valence-corrected chi connectivity index (χ0v) is 12.2. The summed E-state index contributed by atoms with van der Waals surface area (Å²) in [5.41, 5.74) is 4.13. The molecule has 1 atom stereocenters. The number of amides is 2. The lowest BCUT2D eigenvalue weighted by Gasteiger charge is -2.21. The molecule has 1 aromatic rings. The van der Waals surface area contributed by atoms with Crippen molar-refractivity contribution in [3.05, 3.63) is 34.9 Å². The van der Waals surface area contributed by atoms with E-state index in [4.69, 9.17) is 10.8 Å². The Hall–Kier alpha value is -2.30. The molecule has 0 bridgehead atoms. The quantitative estimate of drug-likeness (QED) is 0.356. The second kappa shape index (κ2) is 5.48. The molecule has 2 amide bonds. The van der Waals surface area contributed by atoms with E-state index in [1.54, 1.807) is 0 Å². The van der Waals surface area contributed by atoms with E-state index in [0.29, 0.717) is 4.90 Å². The molecule has 0 fully saturated rings. The van der Waals surface area contributed by atoms with Crippen LogP contribution in [0.1, 0.15) is 33.2 Å². The van der Waals surface area contributed by atoms with Gasteiger partial charge in [0.1, 0.15) is 6.54 Å². The molecule has 0 spiro atoms. The largest absolute Gasteiger partial charge is 0.480 e. The van der Waals surface area contributed by atoms with Crippen LogP contribution in [-0.2, 0) is 25.7 Å². The number of carbonyl (C=O) groups excluding carboxylic acids is 2. The minimum Gasteiger partial charge on any atom is -0.480 e. The van der Waals surface area contributed by atoms with Crippen molar-refractivity contribution in [1.82, 2.24) is 4.90 Å². The zero-order chi connectivity index (χ0) is 16.7. The van der Waals surface area contributed by atoms with E-state index in [1.807, 2.05) is 0 Å². The molecule has 0 radical (unpaired) electrons. The van der Waals surface area contributed by atoms with Crippen LogP contribution in [0.2, 0.25) is 0 Å². The summed E-state index contributed by atoms with van der Waals surface area (Å²) >= 11 is 0. The highest BCUT2D eigenvalue weighted by molar-refractivity contribution is 7.67. The Morgan fingerprint density at radius 1 is 1.32 bits per heavy atom. The maximum Gasteiger partial charge on any atom is 0.323 e. The van der Waals surface area contributed by atoms with Gasteiger partial charge in [-0.25, -0.2) is 12.6 Å². The first kappa shape index (κ1) is 16.1. The van der Waals surface area contributed by atoms with E-state index in [-0.39, 0.29) is 16.7 Å². The topological polar surface area (TPSA) is 144 Å². The lowest BCUT2D eigenvalue weighted by molar-refractivity contribution is -0.137. The van der Waals surface area contributed by atoms with Crippen LogP contribution in [0.5, 0.6) is 0 Å². The van der Waals surface area contributed by atoms with Gasteiger partial charge in [-0.3, -0.25) is 25.0 Å². The molecular formula is C12H12N2O7S. The van der Waals surface area contributed by atoms with Gasteiger partial charge in [0.25, 0.3) is 22.8 Å². The number of rotatable bonds is 5. The Labute approximate surface area is 126 Å². The molecule has 1 aliphatic rings. The smallest absolute Gasteiger partial charge is 0.323 e. The number of carbonyl (C=O) groups is 3. The van der Waals surface area contributed by atoms with Gasteiger partial charge in [0.15, 0.2) is 5.72 Å². The highest BCUT2D eigenvalue weighted by Crippen LogP contribution is 2.28. The molecule has 22 heavy (non-hydrogen) atoms. The molecule has 0 saturated heterocycles. The molecule has 0 aromatic heterocycles. The minimum atomic E-state index is -3.22. The van der Waals surface area contributed by atoms with Crippen molar-refractivity contribution in [2.45, 2.75) is 12.6 Å². The van der Waals surface area contributed by atoms with Crippen LogP contribution < -0.4 is 5.73 Å². The van der Waals surface area contributed by atoms with Crippen molar-refractivity contribution in [2.75, 3.05) is 6.54 Å². The van der Waals surface area contributed by atoms with Crippen LogP contribution in [0.3, 0.4) is 0 Å². The van der Waals surface area contributed by atoms with Gasteiger partial charge in [0, 0.05) is 5.56 Å². The van der Waals surface area contributed by atoms with Gasteiger partial charge >= 0.3 is 5.97 Å². The fraction of sp³-hybridized carbons (Fsp3) is 0.250.